The van der Waals surface area contributed by atoms with Gasteiger partial charge in [0.05, 0.1) is 19.4 Å². The predicted octanol–water partition coefficient (Wildman–Crippen LogP) is 1.26. The molecule has 72 valence electrons. The Morgan fingerprint density at radius 3 is 3.00 bits per heavy atom. The van der Waals surface area contributed by atoms with Crippen LogP contribution >= 0.6 is 0 Å². The van der Waals surface area contributed by atoms with Crippen molar-refractivity contribution in [3.63, 3.8) is 0 Å². The molecule has 0 saturated carbocycles. The van der Waals surface area contributed by atoms with Gasteiger partial charge in [-0.25, -0.2) is 0 Å². The van der Waals surface area contributed by atoms with Gasteiger partial charge in [0.25, 0.3) is 0 Å². The van der Waals surface area contributed by atoms with E-state index in [1.165, 1.54) is 0 Å². The van der Waals surface area contributed by atoms with E-state index in [2.05, 4.69) is 11.5 Å². The van der Waals surface area contributed by atoms with Gasteiger partial charge in [-0.1, -0.05) is 6.08 Å². The smallest absolute Gasteiger partial charge is 0.117 e. The molecule has 0 saturated heterocycles. The molecule has 1 N–H and O–H groups in total. The van der Waals surface area contributed by atoms with Crippen molar-refractivity contribution in [1.82, 2.24) is 4.90 Å². The lowest BCUT2D eigenvalue weighted by molar-refractivity contribution is 0.194. The molecule has 0 amide bonds. The van der Waals surface area contributed by atoms with Crippen LogP contribution in [0.15, 0.2) is 35.5 Å². The summed E-state index contributed by atoms with van der Waals surface area (Å²) in [5.41, 5.74) is 0. The Kier molecular flexibility index (Phi) is 4.29. The lowest BCUT2D eigenvalue weighted by Crippen LogP contribution is -2.26. The second-order valence-corrected chi connectivity index (χ2v) is 2.83. The summed E-state index contributed by atoms with van der Waals surface area (Å²) in [4.78, 5) is 2.06. The minimum absolute atomic E-state index is 0.161. The third-order valence-electron chi connectivity index (χ3n) is 1.76. The highest BCUT2D eigenvalue weighted by molar-refractivity contribution is 4.98. The Bertz CT molecular complexity index is 231. The number of aliphatic hydroxyl groups excluding tert-OH is 1. The van der Waals surface area contributed by atoms with Gasteiger partial charge >= 0.3 is 0 Å². The first-order valence-corrected chi connectivity index (χ1v) is 4.33. The molecule has 3 heteroatoms. The lowest BCUT2D eigenvalue weighted by atomic mass is 10.4. The maximum absolute atomic E-state index is 8.79. The van der Waals surface area contributed by atoms with Crippen LogP contribution in [-0.4, -0.2) is 29.7 Å². The fraction of sp³-hybridized carbons (Fsp3) is 0.400. The van der Waals surface area contributed by atoms with Crippen molar-refractivity contribution in [3.8, 4) is 0 Å². The van der Waals surface area contributed by atoms with Crippen LogP contribution in [0.3, 0.4) is 0 Å². The van der Waals surface area contributed by atoms with Crippen molar-refractivity contribution in [1.29, 1.82) is 0 Å². The maximum atomic E-state index is 8.79. The third kappa shape index (κ3) is 3.44. The number of furan rings is 1. The Morgan fingerprint density at radius 1 is 1.62 bits per heavy atom. The molecule has 1 aromatic rings. The summed E-state index contributed by atoms with van der Waals surface area (Å²) in [5, 5.41) is 8.79. The normalized spacial score (nSPS) is 10.6. The predicted molar refractivity (Wildman–Crippen MR) is 51.3 cm³/mol. The number of aliphatic hydroxyl groups is 1. The van der Waals surface area contributed by atoms with Gasteiger partial charge in [0, 0.05) is 13.1 Å². The first-order chi connectivity index (χ1) is 6.36. The molecule has 1 aromatic heterocycles. The zero-order valence-electron chi connectivity index (χ0n) is 7.65. The van der Waals surface area contributed by atoms with Crippen molar-refractivity contribution in [2.75, 3.05) is 19.7 Å². The minimum atomic E-state index is 0.161. The quantitative estimate of drug-likeness (QED) is 0.671. The highest BCUT2D eigenvalue weighted by Crippen LogP contribution is 2.04. The van der Waals surface area contributed by atoms with E-state index in [0.717, 1.165) is 18.8 Å². The molecule has 0 aliphatic heterocycles. The van der Waals surface area contributed by atoms with Crippen molar-refractivity contribution < 1.29 is 9.52 Å². The number of hydrogen-bond acceptors (Lipinski definition) is 3. The molecule has 0 fully saturated rings. The molecule has 0 radical (unpaired) electrons. The van der Waals surface area contributed by atoms with Gasteiger partial charge in [-0.05, 0) is 12.1 Å². The monoisotopic (exact) mass is 181 g/mol. The molecular formula is C10H15NO2. The van der Waals surface area contributed by atoms with E-state index < -0.39 is 0 Å². The van der Waals surface area contributed by atoms with Crippen LogP contribution in [0, 0.1) is 0 Å². The van der Waals surface area contributed by atoms with Gasteiger partial charge in [0.2, 0.25) is 0 Å². The number of rotatable bonds is 6. The Labute approximate surface area is 78.3 Å². The second-order valence-electron chi connectivity index (χ2n) is 2.83. The summed E-state index contributed by atoms with van der Waals surface area (Å²) in [6.07, 6.45) is 3.47. The van der Waals surface area contributed by atoms with E-state index >= 15 is 0 Å². The summed E-state index contributed by atoms with van der Waals surface area (Å²) in [6.45, 7) is 5.95. The van der Waals surface area contributed by atoms with Gasteiger partial charge in [-0.3, -0.25) is 4.90 Å². The zero-order chi connectivity index (χ0) is 9.52. The van der Waals surface area contributed by atoms with Crippen molar-refractivity contribution in [3.05, 3.63) is 36.8 Å². The van der Waals surface area contributed by atoms with E-state index in [9.17, 15) is 0 Å². The first-order valence-electron chi connectivity index (χ1n) is 4.33. The SMILES string of the molecule is C=CCN(CCO)Cc1ccco1. The molecular weight excluding hydrogens is 166 g/mol. The average Bonchev–Trinajstić information content (AvgIpc) is 2.58. The summed E-state index contributed by atoms with van der Waals surface area (Å²) >= 11 is 0. The van der Waals surface area contributed by atoms with E-state index in [1.54, 1.807) is 6.26 Å². The van der Waals surface area contributed by atoms with E-state index in [-0.39, 0.29) is 6.61 Å². The van der Waals surface area contributed by atoms with Crippen molar-refractivity contribution in [2.45, 2.75) is 6.54 Å². The standard InChI is InChI=1S/C10H15NO2/c1-2-5-11(6-7-12)9-10-4-3-8-13-10/h2-4,8,12H,1,5-7,9H2. The van der Waals surface area contributed by atoms with E-state index in [4.69, 9.17) is 9.52 Å². The minimum Gasteiger partial charge on any atom is -0.468 e. The van der Waals surface area contributed by atoms with Gasteiger partial charge in [0.15, 0.2) is 0 Å². The fourth-order valence-corrected chi connectivity index (χ4v) is 1.18. The highest BCUT2D eigenvalue weighted by Gasteiger charge is 2.04. The molecule has 0 spiro atoms. The molecule has 0 unspecified atom stereocenters. The number of nitrogens with zero attached hydrogens (tertiary/aromatic N) is 1. The van der Waals surface area contributed by atoms with Gasteiger partial charge in [-0.15, -0.1) is 6.58 Å². The molecule has 0 aliphatic carbocycles. The van der Waals surface area contributed by atoms with Gasteiger partial charge in [0.1, 0.15) is 5.76 Å². The molecule has 3 nitrogen and oxygen atoms in total. The zero-order valence-corrected chi connectivity index (χ0v) is 7.65. The summed E-state index contributed by atoms with van der Waals surface area (Å²) in [5.74, 6) is 0.912. The molecule has 0 aliphatic rings. The van der Waals surface area contributed by atoms with Crippen LogP contribution in [-0.2, 0) is 6.54 Å². The largest absolute Gasteiger partial charge is 0.468 e. The van der Waals surface area contributed by atoms with Crippen LogP contribution in [0.4, 0.5) is 0 Å². The van der Waals surface area contributed by atoms with E-state index in [1.807, 2.05) is 18.2 Å². The lowest BCUT2D eigenvalue weighted by Gasteiger charge is -2.17. The van der Waals surface area contributed by atoms with Crippen LogP contribution in [0.2, 0.25) is 0 Å². The van der Waals surface area contributed by atoms with E-state index in [0.29, 0.717) is 6.54 Å². The highest BCUT2D eigenvalue weighted by atomic mass is 16.3. The average molecular weight is 181 g/mol. The molecule has 1 heterocycles. The summed E-state index contributed by atoms with van der Waals surface area (Å²) in [6, 6.07) is 3.79. The Balaban J connectivity index is 2.42. The van der Waals surface area contributed by atoms with Crippen LogP contribution in [0.1, 0.15) is 5.76 Å². The van der Waals surface area contributed by atoms with Gasteiger partial charge < -0.3 is 9.52 Å². The molecule has 0 bridgehead atoms. The molecule has 13 heavy (non-hydrogen) atoms. The van der Waals surface area contributed by atoms with Crippen LogP contribution in [0.5, 0.6) is 0 Å². The Hall–Kier alpha value is -1.06. The first kappa shape index (κ1) is 10.0. The second kappa shape index (κ2) is 5.56. The number of hydrogen-bond donors (Lipinski definition) is 1. The summed E-state index contributed by atoms with van der Waals surface area (Å²) < 4.78 is 5.20. The maximum Gasteiger partial charge on any atom is 0.117 e. The Morgan fingerprint density at radius 2 is 2.46 bits per heavy atom. The third-order valence-corrected chi connectivity index (χ3v) is 1.76. The van der Waals surface area contributed by atoms with Crippen LogP contribution in [0.25, 0.3) is 0 Å². The fourth-order valence-electron chi connectivity index (χ4n) is 1.18. The molecule has 1 rings (SSSR count). The molecule has 0 aromatic carbocycles. The van der Waals surface area contributed by atoms with Gasteiger partial charge in [-0.2, -0.15) is 0 Å². The van der Waals surface area contributed by atoms with Crippen molar-refractivity contribution in [2.24, 2.45) is 0 Å². The van der Waals surface area contributed by atoms with Crippen LogP contribution < -0.4 is 0 Å². The topological polar surface area (TPSA) is 36.6 Å². The molecule has 0 atom stereocenters. The summed E-state index contributed by atoms with van der Waals surface area (Å²) in [7, 11) is 0. The van der Waals surface area contributed by atoms with Crippen molar-refractivity contribution >= 4 is 0 Å².